The number of benzene rings is 1. The van der Waals surface area contributed by atoms with Crippen molar-refractivity contribution in [3.8, 4) is 0 Å². The molecule has 0 aliphatic carbocycles. The lowest BCUT2D eigenvalue weighted by atomic mass is 10.2. The van der Waals surface area contributed by atoms with Crippen molar-refractivity contribution < 1.29 is 4.79 Å². The van der Waals surface area contributed by atoms with Gasteiger partial charge in [-0.05, 0) is 18.1 Å². The number of carbonyl (C=O) groups is 1. The molecule has 92 valence electrons. The Hall–Kier alpha value is -1.31. The van der Waals surface area contributed by atoms with Gasteiger partial charge in [0, 0.05) is 12.2 Å². The predicted molar refractivity (Wildman–Crippen MR) is 78.6 cm³/mol. The molecule has 0 unspecified atom stereocenters. The summed E-state index contributed by atoms with van der Waals surface area (Å²) in [7, 11) is 0. The normalized spacial score (nSPS) is 12.6. The molecule has 1 aromatic carbocycles. The Balaban J connectivity index is 0.00000144. The number of anilines is 1. The zero-order valence-electron chi connectivity index (χ0n) is 9.30. The fraction of sp³-hybridized carbons (Fsp3) is 0.273. The van der Waals surface area contributed by atoms with Crippen LogP contribution in [0.2, 0.25) is 0 Å². The third kappa shape index (κ3) is 3.09. The molecule has 17 heavy (non-hydrogen) atoms. The Morgan fingerprint density at radius 3 is 2.76 bits per heavy atom. The molecule has 0 radical (unpaired) electrons. The van der Waals surface area contributed by atoms with Gasteiger partial charge in [0.05, 0.1) is 0 Å². The van der Waals surface area contributed by atoms with Crippen molar-refractivity contribution in [3.05, 3.63) is 29.8 Å². The molecule has 0 atom stereocenters. The zero-order valence-corrected chi connectivity index (χ0v) is 11.6. The van der Waals surface area contributed by atoms with Crippen LogP contribution in [0.3, 0.4) is 0 Å². The van der Waals surface area contributed by atoms with Gasteiger partial charge in [-0.2, -0.15) is 0 Å². The van der Waals surface area contributed by atoms with Gasteiger partial charge in [-0.3, -0.25) is 4.79 Å². The van der Waals surface area contributed by atoms with E-state index >= 15 is 0 Å². The number of amides is 1. The van der Waals surface area contributed by atoms with Gasteiger partial charge < -0.3 is 16.4 Å². The van der Waals surface area contributed by atoms with Crippen molar-refractivity contribution in [2.45, 2.75) is 6.42 Å². The number of carbonyl (C=O) groups excluding carboxylic acids is 1. The maximum absolute atomic E-state index is 11.8. The lowest BCUT2D eigenvalue weighted by Crippen LogP contribution is -2.32. The molecule has 1 aliphatic rings. The van der Waals surface area contributed by atoms with Crippen molar-refractivity contribution in [3.63, 3.8) is 0 Å². The summed E-state index contributed by atoms with van der Waals surface area (Å²) < 4.78 is 0. The average Bonchev–Trinajstić information content (AvgIpc) is 2.69. The largest absolute Gasteiger partial charge is 0.370 e. The summed E-state index contributed by atoms with van der Waals surface area (Å²) in [6.07, 6.45) is 0.893. The monoisotopic (exact) mass is 346 g/mol. The van der Waals surface area contributed by atoms with E-state index in [1.165, 1.54) is 5.56 Å². The number of rotatable bonds is 2. The van der Waals surface area contributed by atoms with E-state index in [9.17, 15) is 4.79 Å². The molecule has 0 bridgehead atoms. The number of halogens is 1. The van der Waals surface area contributed by atoms with E-state index in [2.05, 4.69) is 4.99 Å². The molecule has 0 saturated heterocycles. The average molecular weight is 346 g/mol. The molecule has 1 aliphatic heterocycles. The zero-order chi connectivity index (χ0) is 11.5. The summed E-state index contributed by atoms with van der Waals surface area (Å²) >= 11 is 0. The fourth-order valence-electron chi connectivity index (χ4n) is 1.84. The molecule has 0 fully saturated rings. The van der Waals surface area contributed by atoms with Crippen LogP contribution < -0.4 is 16.4 Å². The third-order valence-corrected chi connectivity index (χ3v) is 2.59. The minimum absolute atomic E-state index is 0. The third-order valence-electron chi connectivity index (χ3n) is 2.59. The van der Waals surface area contributed by atoms with E-state index in [0.717, 1.165) is 12.1 Å². The number of aliphatic imine (C=N–C) groups is 1. The minimum Gasteiger partial charge on any atom is -0.370 e. The SMILES string of the molecule is I.NC(N)=NCC(=O)N1CCc2ccccc21. The van der Waals surface area contributed by atoms with Crippen LogP contribution in [-0.2, 0) is 11.2 Å². The lowest BCUT2D eigenvalue weighted by molar-refractivity contribution is -0.117. The van der Waals surface area contributed by atoms with E-state index in [4.69, 9.17) is 11.5 Å². The molecular weight excluding hydrogens is 331 g/mol. The van der Waals surface area contributed by atoms with Gasteiger partial charge in [0.2, 0.25) is 5.91 Å². The van der Waals surface area contributed by atoms with Crippen LogP contribution in [0.15, 0.2) is 29.3 Å². The highest BCUT2D eigenvalue weighted by atomic mass is 127. The summed E-state index contributed by atoms with van der Waals surface area (Å²) in [5, 5.41) is 0. The molecule has 0 aromatic heterocycles. The molecule has 4 N–H and O–H groups in total. The number of para-hydroxylation sites is 1. The van der Waals surface area contributed by atoms with Gasteiger partial charge in [-0.25, -0.2) is 4.99 Å². The molecule has 1 amide bonds. The van der Waals surface area contributed by atoms with Crippen LogP contribution in [0.1, 0.15) is 5.56 Å². The van der Waals surface area contributed by atoms with Gasteiger partial charge in [-0.15, -0.1) is 24.0 Å². The minimum atomic E-state index is -0.0710. The van der Waals surface area contributed by atoms with Crippen molar-refractivity contribution in [2.24, 2.45) is 16.5 Å². The highest BCUT2D eigenvalue weighted by Gasteiger charge is 2.23. The number of guanidine groups is 1. The van der Waals surface area contributed by atoms with E-state index in [0.29, 0.717) is 6.54 Å². The number of nitrogens with two attached hydrogens (primary N) is 2. The molecule has 1 heterocycles. The molecule has 1 aromatic rings. The Morgan fingerprint density at radius 2 is 2.06 bits per heavy atom. The molecule has 6 heteroatoms. The van der Waals surface area contributed by atoms with Crippen LogP contribution in [0.25, 0.3) is 0 Å². The standard InChI is InChI=1S/C11H14N4O.HI/c12-11(13)14-7-10(16)15-6-5-8-3-1-2-4-9(8)15;/h1-4H,5-7H2,(H4,12,13,14);1H. The highest BCUT2D eigenvalue weighted by molar-refractivity contribution is 14.0. The van der Waals surface area contributed by atoms with Crippen LogP contribution in [0, 0.1) is 0 Å². The van der Waals surface area contributed by atoms with Gasteiger partial charge in [0.25, 0.3) is 0 Å². The summed E-state index contributed by atoms with van der Waals surface area (Å²) in [6.45, 7) is 0.717. The number of fused-ring (bicyclic) bond motifs is 1. The van der Waals surface area contributed by atoms with Gasteiger partial charge in [0.15, 0.2) is 5.96 Å². The second-order valence-corrected chi connectivity index (χ2v) is 3.67. The van der Waals surface area contributed by atoms with Crippen molar-refractivity contribution >= 4 is 41.5 Å². The van der Waals surface area contributed by atoms with E-state index in [1.54, 1.807) is 4.90 Å². The summed E-state index contributed by atoms with van der Waals surface area (Å²) in [5.41, 5.74) is 12.5. The van der Waals surface area contributed by atoms with Crippen LogP contribution in [0.5, 0.6) is 0 Å². The lowest BCUT2D eigenvalue weighted by Gasteiger charge is -2.15. The molecule has 5 nitrogen and oxygen atoms in total. The Bertz CT molecular complexity index is 443. The second kappa shape index (κ2) is 5.85. The maximum Gasteiger partial charge on any atom is 0.248 e. The molecule has 0 spiro atoms. The topological polar surface area (TPSA) is 84.7 Å². The quantitative estimate of drug-likeness (QED) is 0.464. The Kier molecular flexibility index (Phi) is 4.73. The van der Waals surface area contributed by atoms with E-state index in [1.807, 2.05) is 24.3 Å². The Morgan fingerprint density at radius 1 is 1.35 bits per heavy atom. The summed E-state index contributed by atoms with van der Waals surface area (Å²) in [5.74, 6) is -0.126. The first-order valence-corrected chi connectivity index (χ1v) is 5.12. The first kappa shape index (κ1) is 13.8. The smallest absolute Gasteiger partial charge is 0.248 e. The Labute approximate surface area is 117 Å². The predicted octanol–water partition coefficient (Wildman–Crippen LogP) is 0.467. The molecular formula is C11H15IN4O. The van der Waals surface area contributed by atoms with Crippen LogP contribution in [0.4, 0.5) is 5.69 Å². The van der Waals surface area contributed by atoms with Crippen molar-refractivity contribution in [1.29, 1.82) is 0 Å². The first-order chi connectivity index (χ1) is 7.68. The van der Waals surface area contributed by atoms with Crippen molar-refractivity contribution in [1.82, 2.24) is 0 Å². The maximum atomic E-state index is 11.8. The van der Waals surface area contributed by atoms with Gasteiger partial charge >= 0.3 is 0 Å². The summed E-state index contributed by atoms with van der Waals surface area (Å²) in [4.78, 5) is 17.3. The van der Waals surface area contributed by atoms with E-state index < -0.39 is 0 Å². The van der Waals surface area contributed by atoms with Crippen LogP contribution >= 0.6 is 24.0 Å². The fourth-order valence-corrected chi connectivity index (χ4v) is 1.84. The first-order valence-electron chi connectivity index (χ1n) is 5.12. The van der Waals surface area contributed by atoms with Crippen LogP contribution in [-0.4, -0.2) is 25.0 Å². The summed E-state index contributed by atoms with van der Waals surface area (Å²) in [6, 6.07) is 7.87. The number of hydrogen-bond acceptors (Lipinski definition) is 2. The number of nitrogens with zero attached hydrogens (tertiary/aromatic N) is 2. The van der Waals surface area contributed by atoms with Gasteiger partial charge in [0.1, 0.15) is 6.54 Å². The van der Waals surface area contributed by atoms with Gasteiger partial charge in [-0.1, -0.05) is 18.2 Å². The number of hydrogen-bond donors (Lipinski definition) is 2. The van der Waals surface area contributed by atoms with Crippen molar-refractivity contribution in [2.75, 3.05) is 18.0 Å². The second-order valence-electron chi connectivity index (χ2n) is 3.67. The highest BCUT2D eigenvalue weighted by Crippen LogP contribution is 2.27. The van der Waals surface area contributed by atoms with E-state index in [-0.39, 0.29) is 42.4 Å². The molecule has 0 saturated carbocycles. The molecule has 2 rings (SSSR count).